The molecule has 31 heavy (non-hydrogen) atoms. The summed E-state index contributed by atoms with van der Waals surface area (Å²) in [6.07, 6.45) is 0. The van der Waals surface area contributed by atoms with Crippen molar-refractivity contribution >= 4 is 17.6 Å². The maximum absolute atomic E-state index is 13.9. The van der Waals surface area contributed by atoms with Crippen LogP contribution >= 0.6 is 0 Å². The predicted octanol–water partition coefficient (Wildman–Crippen LogP) is 3.34. The van der Waals surface area contributed by atoms with Crippen LogP contribution in [0.1, 0.15) is 27.0 Å². The van der Waals surface area contributed by atoms with Crippen LogP contribution in [0.25, 0.3) is 0 Å². The van der Waals surface area contributed by atoms with Crippen molar-refractivity contribution in [2.45, 2.75) is 12.0 Å². The summed E-state index contributed by atoms with van der Waals surface area (Å²) >= 11 is 0. The number of carbonyl (C=O) groups excluding carboxylic acids is 1. The molecule has 1 N–H and O–H groups in total. The van der Waals surface area contributed by atoms with Crippen molar-refractivity contribution in [3.05, 3.63) is 82.9 Å². The Bertz CT molecular complexity index is 1250. The number of nitrogens with zero attached hydrogens (tertiary/aromatic N) is 1. The quantitative estimate of drug-likeness (QED) is 0.706. The van der Waals surface area contributed by atoms with E-state index in [1.54, 1.807) is 35.2 Å². The summed E-state index contributed by atoms with van der Waals surface area (Å²) < 4.78 is 17.0. The average molecular weight is 415 g/mol. The number of carboxylic acids is 1. The first kappa shape index (κ1) is 17.8. The lowest BCUT2D eigenvalue weighted by Gasteiger charge is -2.23. The number of para-hydroxylation sites is 1. The molecule has 0 radical (unpaired) electrons. The Morgan fingerprint density at radius 2 is 1.68 bits per heavy atom. The van der Waals surface area contributed by atoms with E-state index >= 15 is 0 Å². The van der Waals surface area contributed by atoms with Crippen LogP contribution < -0.4 is 19.1 Å². The molecule has 1 spiro atoms. The second-order valence-corrected chi connectivity index (χ2v) is 7.81. The van der Waals surface area contributed by atoms with Gasteiger partial charge in [0, 0.05) is 17.3 Å². The van der Waals surface area contributed by atoms with Crippen LogP contribution in [0.5, 0.6) is 17.2 Å². The first-order valence-electron chi connectivity index (χ1n) is 9.88. The number of aromatic carboxylic acids is 1. The van der Waals surface area contributed by atoms with Gasteiger partial charge in [0.2, 0.25) is 12.7 Å². The molecule has 3 aromatic carbocycles. The number of benzene rings is 3. The van der Waals surface area contributed by atoms with E-state index in [1.165, 1.54) is 0 Å². The van der Waals surface area contributed by atoms with Crippen molar-refractivity contribution in [3.63, 3.8) is 0 Å². The van der Waals surface area contributed by atoms with E-state index in [9.17, 15) is 9.59 Å². The molecule has 0 aliphatic carbocycles. The molecule has 3 aliphatic rings. The number of hydrogen-bond donors (Lipinski definition) is 1. The van der Waals surface area contributed by atoms with Gasteiger partial charge in [0.25, 0.3) is 0 Å². The largest absolute Gasteiger partial charge is 0.491 e. The first-order valence-corrected chi connectivity index (χ1v) is 9.88. The lowest BCUT2D eigenvalue weighted by molar-refractivity contribution is -0.122. The van der Waals surface area contributed by atoms with E-state index < -0.39 is 11.4 Å². The summed E-state index contributed by atoms with van der Waals surface area (Å²) in [6.45, 7) is 0.682. The lowest BCUT2D eigenvalue weighted by atomic mass is 9.77. The SMILES string of the molecule is O=C(O)c1ccc(CN2C(=O)C3(COc4cc5c(cc43)OCO5)c3ccccc32)cc1. The van der Waals surface area contributed by atoms with E-state index in [2.05, 4.69) is 0 Å². The molecule has 7 heteroatoms. The highest BCUT2D eigenvalue weighted by Crippen LogP contribution is 2.55. The Kier molecular flexibility index (Phi) is 3.59. The van der Waals surface area contributed by atoms with Gasteiger partial charge >= 0.3 is 5.97 Å². The van der Waals surface area contributed by atoms with E-state index in [1.807, 2.05) is 30.3 Å². The minimum Gasteiger partial charge on any atom is -0.491 e. The van der Waals surface area contributed by atoms with Crippen LogP contribution in [0.15, 0.2) is 60.7 Å². The fourth-order valence-corrected chi connectivity index (χ4v) is 4.66. The summed E-state index contributed by atoms with van der Waals surface area (Å²) in [7, 11) is 0. The van der Waals surface area contributed by atoms with Crippen molar-refractivity contribution in [2.24, 2.45) is 0 Å². The van der Waals surface area contributed by atoms with Crippen LogP contribution in [0.3, 0.4) is 0 Å². The Balaban J connectivity index is 1.44. The molecular formula is C24H17NO6. The molecule has 3 aromatic rings. The molecule has 7 nitrogen and oxygen atoms in total. The van der Waals surface area contributed by atoms with E-state index in [0.717, 1.165) is 22.4 Å². The minimum atomic E-state index is -0.980. The van der Waals surface area contributed by atoms with Gasteiger partial charge in [-0.05, 0) is 35.4 Å². The smallest absolute Gasteiger partial charge is 0.335 e. The van der Waals surface area contributed by atoms with Crippen molar-refractivity contribution in [1.29, 1.82) is 0 Å². The molecular weight excluding hydrogens is 398 g/mol. The molecule has 3 heterocycles. The van der Waals surface area contributed by atoms with Gasteiger partial charge in [-0.15, -0.1) is 0 Å². The molecule has 0 aromatic heterocycles. The van der Waals surface area contributed by atoms with Crippen molar-refractivity contribution < 1.29 is 28.9 Å². The van der Waals surface area contributed by atoms with Gasteiger partial charge in [-0.1, -0.05) is 30.3 Å². The number of hydrogen-bond acceptors (Lipinski definition) is 5. The number of carbonyl (C=O) groups is 2. The minimum absolute atomic E-state index is 0.0753. The van der Waals surface area contributed by atoms with Gasteiger partial charge in [-0.3, -0.25) is 4.79 Å². The summed E-state index contributed by atoms with van der Waals surface area (Å²) in [5.41, 5.74) is 2.59. The zero-order chi connectivity index (χ0) is 21.2. The van der Waals surface area contributed by atoms with Gasteiger partial charge in [-0.2, -0.15) is 0 Å². The Morgan fingerprint density at radius 1 is 0.935 bits per heavy atom. The van der Waals surface area contributed by atoms with Crippen molar-refractivity contribution in [3.8, 4) is 17.2 Å². The van der Waals surface area contributed by atoms with Gasteiger partial charge in [-0.25, -0.2) is 4.79 Å². The third-order valence-electron chi connectivity index (χ3n) is 6.19. The maximum Gasteiger partial charge on any atom is 0.335 e. The topological polar surface area (TPSA) is 85.3 Å². The monoisotopic (exact) mass is 415 g/mol. The molecule has 1 unspecified atom stereocenters. The standard InChI is InChI=1S/C24H17NO6/c26-22(27)15-7-5-14(6-8-15)11-25-18-4-2-1-3-16(18)24(23(25)28)12-29-19-10-21-20(9-17(19)24)30-13-31-21/h1-10H,11-13H2,(H,26,27). The van der Waals surface area contributed by atoms with Crippen LogP contribution in [-0.2, 0) is 16.8 Å². The molecule has 0 saturated heterocycles. The molecule has 3 aliphatic heterocycles. The third kappa shape index (κ3) is 2.40. The summed E-state index contributed by atoms with van der Waals surface area (Å²) in [5.74, 6) is 0.793. The predicted molar refractivity (Wildman–Crippen MR) is 110 cm³/mol. The number of carboxylic acid groups (broad SMARTS) is 1. The van der Waals surface area contributed by atoms with Gasteiger partial charge in [0.15, 0.2) is 11.5 Å². The van der Waals surface area contributed by atoms with Gasteiger partial charge < -0.3 is 24.2 Å². The van der Waals surface area contributed by atoms with Crippen molar-refractivity contribution in [1.82, 2.24) is 0 Å². The number of rotatable bonds is 3. The molecule has 1 atom stereocenters. The zero-order valence-corrected chi connectivity index (χ0v) is 16.3. The molecule has 154 valence electrons. The number of amides is 1. The average Bonchev–Trinajstić information content (AvgIpc) is 3.45. The zero-order valence-electron chi connectivity index (χ0n) is 16.3. The maximum atomic E-state index is 13.9. The fourth-order valence-electron chi connectivity index (χ4n) is 4.66. The van der Waals surface area contributed by atoms with Crippen LogP contribution in [-0.4, -0.2) is 30.4 Å². The molecule has 1 amide bonds. The summed E-state index contributed by atoms with van der Waals surface area (Å²) in [4.78, 5) is 26.8. The van der Waals surface area contributed by atoms with E-state index in [-0.39, 0.29) is 24.9 Å². The van der Waals surface area contributed by atoms with Crippen LogP contribution in [0.4, 0.5) is 5.69 Å². The molecule has 0 bridgehead atoms. The molecule has 0 saturated carbocycles. The highest BCUT2D eigenvalue weighted by atomic mass is 16.7. The lowest BCUT2D eigenvalue weighted by Crippen LogP contribution is -2.42. The fraction of sp³-hybridized carbons (Fsp3) is 0.167. The van der Waals surface area contributed by atoms with E-state index in [4.69, 9.17) is 19.3 Å². The summed E-state index contributed by atoms with van der Waals surface area (Å²) in [5, 5.41) is 9.13. The van der Waals surface area contributed by atoms with Crippen LogP contribution in [0.2, 0.25) is 0 Å². The van der Waals surface area contributed by atoms with Crippen molar-refractivity contribution in [2.75, 3.05) is 18.3 Å². The Labute approximate surface area is 177 Å². The normalized spacial score (nSPS) is 20.0. The number of ether oxygens (including phenoxy) is 3. The second kappa shape index (κ2) is 6.25. The molecule has 6 rings (SSSR count). The highest BCUT2D eigenvalue weighted by Gasteiger charge is 2.57. The van der Waals surface area contributed by atoms with Gasteiger partial charge in [0.05, 0.1) is 12.1 Å². The van der Waals surface area contributed by atoms with E-state index in [0.29, 0.717) is 23.8 Å². The Morgan fingerprint density at radius 3 is 2.45 bits per heavy atom. The van der Waals surface area contributed by atoms with Gasteiger partial charge in [0.1, 0.15) is 17.8 Å². The first-order chi connectivity index (χ1) is 15.1. The Hall–Kier alpha value is -4.00. The second-order valence-electron chi connectivity index (χ2n) is 7.81. The number of anilines is 1. The number of fused-ring (bicyclic) bond motifs is 5. The summed E-state index contributed by atoms with van der Waals surface area (Å²) in [6, 6.07) is 17.9. The highest BCUT2D eigenvalue weighted by molar-refractivity contribution is 6.11. The molecule has 0 fully saturated rings. The third-order valence-corrected chi connectivity index (χ3v) is 6.19. The van der Waals surface area contributed by atoms with Crippen LogP contribution in [0, 0.1) is 0 Å².